The third kappa shape index (κ3) is 10.2. The van der Waals surface area contributed by atoms with Crippen LogP contribution in [-0.4, -0.2) is 53.7 Å². The van der Waals surface area contributed by atoms with Gasteiger partial charge in [-0.3, -0.25) is 20.2 Å². The fourth-order valence-corrected chi connectivity index (χ4v) is 1.27. The number of nitrogens with two attached hydrogens (primary N) is 1. The number of amides is 3. The highest BCUT2D eigenvalue weighted by Gasteiger charge is 2.38. The molecule has 0 bridgehead atoms. The molecule has 6 N–H and O–H groups in total. The number of nitro benzene ring substituents is 1. The number of carbonyl (C=O) groups is 3. The van der Waals surface area contributed by atoms with Crippen molar-refractivity contribution < 1.29 is 37.6 Å². The normalized spacial score (nSPS) is 10.8. The molecule has 12 nitrogen and oxygen atoms in total. The molecule has 3 amide bonds. The molecule has 15 heteroatoms. The van der Waals surface area contributed by atoms with Gasteiger partial charge in [-0.2, -0.15) is 13.2 Å². The van der Waals surface area contributed by atoms with Crippen LogP contribution in [0.15, 0.2) is 29.3 Å². The number of benzene rings is 1. The number of rotatable bonds is 4. The molecule has 0 aliphatic rings. The molecule has 0 heterocycles. The van der Waals surface area contributed by atoms with Crippen LogP contribution in [0.2, 0.25) is 0 Å². The van der Waals surface area contributed by atoms with E-state index in [1.165, 1.54) is 31.3 Å². The lowest BCUT2D eigenvalue weighted by Gasteiger charge is -2.05. The molecular weight excluding hydrogens is 393 g/mol. The molecule has 1 aromatic rings. The number of hydrogen-bond donors (Lipinski definition) is 5. The van der Waals surface area contributed by atoms with E-state index in [1.807, 2.05) is 0 Å². The molecule has 1 rings (SSSR count). The van der Waals surface area contributed by atoms with E-state index in [-0.39, 0.29) is 23.9 Å². The zero-order valence-electron chi connectivity index (χ0n) is 14.1. The summed E-state index contributed by atoms with van der Waals surface area (Å²) in [4.78, 5) is 45.1. The summed E-state index contributed by atoms with van der Waals surface area (Å²) in [6, 6.07) is 4.90. The first-order chi connectivity index (χ1) is 12.9. The van der Waals surface area contributed by atoms with Crippen LogP contribution in [-0.2, 0) is 9.59 Å². The first kappa shape index (κ1) is 24.1. The van der Waals surface area contributed by atoms with E-state index in [9.17, 15) is 32.9 Å². The van der Waals surface area contributed by atoms with Crippen LogP contribution in [0.1, 0.15) is 0 Å². The number of aliphatic imine (C=N–C) groups is 1. The Kier molecular flexibility index (Phi) is 9.41. The van der Waals surface area contributed by atoms with Crippen molar-refractivity contribution in [1.82, 2.24) is 10.6 Å². The van der Waals surface area contributed by atoms with Crippen LogP contribution in [0.5, 0.6) is 0 Å². The van der Waals surface area contributed by atoms with Gasteiger partial charge in [0.2, 0.25) is 5.91 Å². The molecular formula is C13H15F3N6O6. The Morgan fingerprint density at radius 2 is 1.89 bits per heavy atom. The van der Waals surface area contributed by atoms with Crippen molar-refractivity contribution in [2.24, 2.45) is 10.7 Å². The highest BCUT2D eigenvalue weighted by molar-refractivity contribution is 5.98. The van der Waals surface area contributed by atoms with E-state index in [4.69, 9.17) is 15.6 Å². The van der Waals surface area contributed by atoms with Gasteiger partial charge in [-0.1, -0.05) is 6.07 Å². The van der Waals surface area contributed by atoms with Crippen molar-refractivity contribution in [2.75, 3.05) is 18.9 Å². The molecule has 0 aliphatic carbocycles. The molecule has 0 radical (unpaired) electrons. The van der Waals surface area contributed by atoms with Gasteiger partial charge in [-0.15, -0.1) is 0 Å². The lowest BCUT2D eigenvalue weighted by Crippen LogP contribution is -2.42. The first-order valence-electron chi connectivity index (χ1n) is 7.00. The van der Waals surface area contributed by atoms with Crippen LogP contribution in [0.4, 0.5) is 29.3 Å². The molecule has 0 unspecified atom stereocenters. The van der Waals surface area contributed by atoms with Gasteiger partial charge in [-0.25, -0.2) is 14.6 Å². The Balaban J connectivity index is 0.000000887. The fraction of sp³-hybridized carbons (Fsp3) is 0.231. The number of aliphatic carboxylic acids is 1. The van der Waals surface area contributed by atoms with Crippen molar-refractivity contribution in [1.29, 1.82) is 0 Å². The van der Waals surface area contributed by atoms with Crippen LogP contribution in [0, 0.1) is 10.1 Å². The second-order valence-electron chi connectivity index (χ2n) is 4.56. The Morgan fingerprint density at radius 3 is 2.36 bits per heavy atom. The number of carboxylic acid groups (broad SMARTS) is 1. The minimum atomic E-state index is -5.08. The number of anilines is 1. The summed E-state index contributed by atoms with van der Waals surface area (Å²) in [5, 5.41) is 24.6. The van der Waals surface area contributed by atoms with Crippen molar-refractivity contribution in [2.45, 2.75) is 6.18 Å². The number of non-ortho nitro benzene ring substituents is 1. The summed E-state index contributed by atoms with van der Waals surface area (Å²) < 4.78 is 31.7. The number of carboxylic acids is 1. The molecule has 0 fully saturated rings. The molecule has 0 aliphatic heterocycles. The second kappa shape index (κ2) is 10.9. The highest BCUT2D eigenvalue weighted by atomic mass is 19.4. The van der Waals surface area contributed by atoms with E-state index in [0.717, 1.165) is 0 Å². The fourth-order valence-electron chi connectivity index (χ4n) is 1.27. The van der Waals surface area contributed by atoms with Crippen LogP contribution in [0.25, 0.3) is 0 Å². The predicted octanol–water partition coefficient (Wildman–Crippen LogP) is 0.410. The lowest BCUT2D eigenvalue weighted by molar-refractivity contribution is -0.384. The topological polar surface area (TPSA) is 189 Å². The Labute approximate surface area is 154 Å². The summed E-state index contributed by atoms with van der Waals surface area (Å²) >= 11 is 0. The van der Waals surface area contributed by atoms with Crippen LogP contribution in [0.3, 0.4) is 0 Å². The molecule has 0 aromatic heterocycles. The summed E-state index contributed by atoms with van der Waals surface area (Å²) in [6.07, 6.45) is -5.08. The molecule has 1 aromatic carbocycles. The van der Waals surface area contributed by atoms with E-state index < -0.39 is 29.0 Å². The number of nitrogens with zero attached hydrogens (tertiary/aromatic N) is 2. The van der Waals surface area contributed by atoms with Crippen molar-refractivity contribution >= 4 is 35.2 Å². The quantitative estimate of drug-likeness (QED) is 0.206. The third-order valence-corrected chi connectivity index (χ3v) is 2.44. The van der Waals surface area contributed by atoms with E-state index >= 15 is 0 Å². The van der Waals surface area contributed by atoms with E-state index in [1.54, 1.807) is 0 Å². The first-order valence-corrected chi connectivity index (χ1v) is 7.00. The molecule has 0 saturated carbocycles. The maximum atomic E-state index is 11.6. The zero-order valence-corrected chi connectivity index (χ0v) is 14.1. The maximum Gasteiger partial charge on any atom is 0.490 e. The average Bonchev–Trinajstić information content (AvgIpc) is 2.59. The Hall–Kier alpha value is -3.91. The van der Waals surface area contributed by atoms with Gasteiger partial charge in [0, 0.05) is 24.9 Å². The van der Waals surface area contributed by atoms with Crippen LogP contribution < -0.4 is 21.7 Å². The highest BCUT2D eigenvalue weighted by Crippen LogP contribution is 2.16. The molecule has 0 saturated heterocycles. The van der Waals surface area contributed by atoms with Gasteiger partial charge in [0.05, 0.1) is 4.92 Å². The number of alkyl halides is 3. The summed E-state index contributed by atoms with van der Waals surface area (Å²) in [5.74, 6) is -3.51. The van der Waals surface area contributed by atoms with Gasteiger partial charge in [0.25, 0.3) is 5.69 Å². The van der Waals surface area contributed by atoms with Gasteiger partial charge in [0.15, 0.2) is 5.96 Å². The number of hydrogen-bond acceptors (Lipinski definition) is 6. The predicted molar refractivity (Wildman–Crippen MR) is 89.5 cm³/mol. The minimum Gasteiger partial charge on any atom is -0.475 e. The lowest BCUT2D eigenvalue weighted by atomic mass is 10.3. The molecule has 0 spiro atoms. The second-order valence-corrected chi connectivity index (χ2v) is 4.56. The summed E-state index contributed by atoms with van der Waals surface area (Å²) in [7, 11) is 1.40. The number of carbonyl (C=O) groups excluding carboxylic acids is 2. The van der Waals surface area contributed by atoms with E-state index in [2.05, 4.69) is 20.9 Å². The maximum absolute atomic E-state index is 11.6. The molecule has 0 atom stereocenters. The monoisotopic (exact) mass is 408 g/mol. The van der Waals surface area contributed by atoms with E-state index in [0.29, 0.717) is 0 Å². The molecule has 28 heavy (non-hydrogen) atoms. The van der Waals surface area contributed by atoms with Crippen molar-refractivity contribution in [3.63, 3.8) is 0 Å². The van der Waals surface area contributed by atoms with Gasteiger partial charge in [0.1, 0.15) is 6.54 Å². The Bertz CT molecular complexity index is 767. The van der Waals surface area contributed by atoms with Gasteiger partial charge >= 0.3 is 18.2 Å². The summed E-state index contributed by atoms with van der Waals surface area (Å²) in [5.41, 5.74) is 5.49. The number of nitro groups is 1. The Morgan fingerprint density at radius 1 is 1.32 bits per heavy atom. The zero-order chi connectivity index (χ0) is 21.9. The number of urea groups is 1. The van der Waals surface area contributed by atoms with Gasteiger partial charge < -0.3 is 21.5 Å². The molecule has 154 valence electrons. The number of nitrogens with one attached hydrogen (secondary N) is 3. The van der Waals surface area contributed by atoms with Crippen molar-refractivity contribution in [3.8, 4) is 0 Å². The third-order valence-electron chi connectivity index (χ3n) is 2.44. The van der Waals surface area contributed by atoms with Crippen LogP contribution >= 0.6 is 0 Å². The smallest absolute Gasteiger partial charge is 0.475 e. The van der Waals surface area contributed by atoms with Crippen molar-refractivity contribution in [3.05, 3.63) is 34.4 Å². The van der Waals surface area contributed by atoms with Gasteiger partial charge in [-0.05, 0) is 6.07 Å². The number of halogens is 3. The summed E-state index contributed by atoms with van der Waals surface area (Å²) in [6.45, 7) is -0.335. The SMILES string of the molecule is CNC(=O)NC(N)=NCC(=O)Nc1cccc([N+](=O)[O-])c1.O=C(O)C(F)(F)F. The largest absolute Gasteiger partial charge is 0.490 e. The minimum absolute atomic E-state index is 0.142. The number of guanidine groups is 1. The average molecular weight is 408 g/mol. The standard InChI is InChI=1S/C11H14N6O4.C2HF3O2/c1-13-11(19)16-10(12)14-6-9(18)15-7-3-2-4-8(5-7)17(20)21;3-2(4,5)1(6)7/h2-5H,6H2,1H3,(H,15,18)(H4,12,13,14,16,19);(H,6,7).